The molecule has 0 saturated carbocycles. The molecule has 0 spiro atoms. The Balaban J connectivity index is 1.57. The monoisotopic (exact) mass is 303 g/mol. The molecule has 0 radical (unpaired) electrons. The molecule has 1 atom stereocenters. The van der Waals surface area contributed by atoms with E-state index < -0.39 is 0 Å². The summed E-state index contributed by atoms with van der Waals surface area (Å²) >= 11 is 1.68. The van der Waals surface area contributed by atoms with E-state index in [0.717, 1.165) is 29.0 Å². The van der Waals surface area contributed by atoms with Crippen LogP contribution in [-0.2, 0) is 13.0 Å². The normalized spacial score (nSPS) is 16.2. The Bertz CT molecular complexity index is 624. The molecule has 0 aliphatic heterocycles. The second-order valence-electron chi connectivity index (χ2n) is 5.55. The van der Waals surface area contributed by atoms with Gasteiger partial charge in [0.15, 0.2) is 5.13 Å². The largest absolute Gasteiger partial charge is 0.480 e. The van der Waals surface area contributed by atoms with Gasteiger partial charge in [-0.15, -0.1) is 0 Å². The van der Waals surface area contributed by atoms with E-state index in [1.165, 1.54) is 17.5 Å². The standard InChI is InChI=1S/C16H21N3OS/c1-19(2)16-18-15(20-3)14(21-16)10-17-9-12-8-11-6-4-5-7-13(11)12/h4-7,12,17H,8-10H2,1-3H3. The molecule has 5 heteroatoms. The minimum Gasteiger partial charge on any atom is -0.480 e. The number of hydrogen-bond donors (Lipinski definition) is 1. The maximum Gasteiger partial charge on any atom is 0.230 e. The lowest BCUT2D eigenvalue weighted by molar-refractivity contribution is 0.394. The van der Waals surface area contributed by atoms with Gasteiger partial charge >= 0.3 is 0 Å². The van der Waals surface area contributed by atoms with Crippen LogP contribution >= 0.6 is 11.3 Å². The Morgan fingerprint density at radius 3 is 2.90 bits per heavy atom. The van der Waals surface area contributed by atoms with Crippen molar-refractivity contribution in [1.82, 2.24) is 10.3 Å². The number of rotatable bonds is 6. The Morgan fingerprint density at radius 2 is 2.19 bits per heavy atom. The van der Waals surface area contributed by atoms with Crippen molar-refractivity contribution in [3.8, 4) is 5.88 Å². The van der Waals surface area contributed by atoms with Crippen LogP contribution in [0.4, 0.5) is 5.13 Å². The molecule has 1 aliphatic carbocycles. The van der Waals surface area contributed by atoms with Crippen LogP contribution < -0.4 is 15.0 Å². The van der Waals surface area contributed by atoms with Crippen LogP contribution in [-0.4, -0.2) is 32.7 Å². The van der Waals surface area contributed by atoms with Gasteiger partial charge in [-0.3, -0.25) is 0 Å². The number of fused-ring (bicyclic) bond motifs is 1. The van der Waals surface area contributed by atoms with Gasteiger partial charge in [-0.1, -0.05) is 35.6 Å². The number of aromatic nitrogens is 1. The summed E-state index contributed by atoms with van der Waals surface area (Å²) in [6.07, 6.45) is 1.19. The van der Waals surface area contributed by atoms with Crippen molar-refractivity contribution in [2.75, 3.05) is 32.6 Å². The second kappa shape index (κ2) is 6.03. The van der Waals surface area contributed by atoms with Crippen molar-refractivity contribution < 1.29 is 4.74 Å². The lowest BCUT2D eigenvalue weighted by Gasteiger charge is -2.30. The average molecular weight is 303 g/mol. The van der Waals surface area contributed by atoms with Crippen LogP contribution in [0.3, 0.4) is 0 Å². The Kier molecular flexibility index (Phi) is 4.12. The summed E-state index contributed by atoms with van der Waals surface area (Å²) in [5.41, 5.74) is 2.99. The SMILES string of the molecule is COc1nc(N(C)C)sc1CNCC1Cc2ccccc21. The Labute approximate surface area is 129 Å². The maximum absolute atomic E-state index is 5.36. The molecule has 3 rings (SSSR count). The molecule has 1 N–H and O–H groups in total. The number of ether oxygens (including phenoxy) is 1. The molecule has 4 nitrogen and oxygen atoms in total. The van der Waals surface area contributed by atoms with Crippen molar-refractivity contribution in [2.45, 2.75) is 18.9 Å². The fourth-order valence-electron chi connectivity index (χ4n) is 2.69. The van der Waals surface area contributed by atoms with Gasteiger partial charge in [-0.2, -0.15) is 4.98 Å². The molecule has 1 unspecified atom stereocenters. The highest BCUT2D eigenvalue weighted by Gasteiger charge is 2.24. The van der Waals surface area contributed by atoms with E-state index in [0.29, 0.717) is 5.92 Å². The van der Waals surface area contributed by atoms with E-state index in [4.69, 9.17) is 4.74 Å². The first-order valence-corrected chi connectivity index (χ1v) is 8.00. The molecule has 0 bridgehead atoms. The predicted molar refractivity (Wildman–Crippen MR) is 87.6 cm³/mol. The molecular formula is C16H21N3OS. The molecule has 1 aromatic carbocycles. The van der Waals surface area contributed by atoms with Crippen molar-refractivity contribution in [1.29, 1.82) is 0 Å². The van der Waals surface area contributed by atoms with Gasteiger partial charge in [0.05, 0.1) is 12.0 Å². The topological polar surface area (TPSA) is 37.4 Å². The highest BCUT2D eigenvalue weighted by molar-refractivity contribution is 7.15. The summed E-state index contributed by atoms with van der Waals surface area (Å²) < 4.78 is 5.36. The van der Waals surface area contributed by atoms with Crippen molar-refractivity contribution in [3.63, 3.8) is 0 Å². The van der Waals surface area contributed by atoms with Gasteiger partial charge in [0.2, 0.25) is 5.88 Å². The number of benzene rings is 1. The smallest absolute Gasteiger partial charge is 0.230 e. The van der Waals surface area contributed by atoms with Crippen molar-refractivity contribution in [3.05, 3.63) is 40.3 Å². The molecule has 112 valence electrons. The number of methoxy groups -OCH3 is 1. The first-order chi connectivity index (χ1) is 10.2. The average Bonchev–Trinajstić information content (AvgIpc) is 2.87. The minimum atomic E-state index is 0.647. The third-order valence-corrected chi connectivity index (χ3v) is 5.07. The molecule has 0 amide bonds. The highest BCUT2D eigenvalue weighted by Crippen LogP contribution is 2.34. The Hall–Kier alpha value is -1.59. The highest BCUT2D eigenvalue weighted by atomic mass is 32.1. The summed E-state index contributed by atoms with van der Waals surface area (Å²) in [6, 6.07) is 8.71. The van der Waals surface area contributed by atoms with Gasteiger partial charge in [0.1, 0.15) is 0 Å². The van der Waals surface area contributed by atoms with Crippen LogP contribution in [0.5, 0.6) is 5.88 Å². The number of hydrogen-bond acceptors (Lipinski definition) is 5. The van der Waals surface area contributed by atoms with Crippen LogP contribution in [0, 0.1) is 0 Å². The fourth-order valence-corrected chi connectivity index (χ4v) is 3.62. The summed E-state index contributed by atoms with van der Waals surface area (Å²) in [6.45, 7) is 1.82. The number of nitrogens with one attached hydrogen (secondary N) is 1. The van der Waals surface area contributed by atoms with Gasteiger partial charge < -0.3 is 15.0 Å². The van der Waals surface area contributed by atoms with E-state index in [2.05, 4.69) is 34.6 Å². The van der Waals surface area contributed by atoms with Gasteiger partial charge in [0, 0.05) is 33.1 Å². The van der Waals surface area contributed by atoms with Crippen LogP contribution in [0.25, 0.3) is 0 Å². The number of thiazole rings is 1. The van der Waals surface area contributed by atoms with E-state index in [1.54, 1.807) is 18.4 Å². The number of nitrogens with zero attached hydrogens (tertiary/aromatic N) is 2. The predicted octanol–water partition coefficient (Wildman–Crippen LogP) is 2.65. The molecule has 2 aromatic rings. The minimum absolute atomic E-state index is 0.647. The zero-order chi connectivity index (χ0) is 14.8. The molecular weight excluding hydrogens is 282 g/mol. The maximum atomic E-state index is 5.36. The lowest BCUT2D eigenvalue weighted by Crippen LogP contribution is -2.28. The van der Waals surface area contributed by atoms with Gasteiger partial charge in [-0.05, 0) is 17.5 Å². The van der Waals surface area contributed by atoms with Crippen molar-refractivity contribution in [2.24, 2.45) is 0 Å². The zero-order valence-electron chi connectivity index (χ0n) is 12.7. The van der Waals surface area contributed by atoms with Crippen molar-refractivity contribution >= 4 is 16.5 Å². The molecule has 1 heterocycles. The van der Waals surface area contributed by atoms with Crippen LogP contribution in [0.1, 0.15) is 21.9 Å². The summed E-state index contributed by atoms with van der Waals surface area (Å²) in [4.78, 5) is 7.65. The molecule has 0 saturated heterocycles. The molecule has 1 aromatic heterocycles. The number of anilines is 1. The molecule has 1 aliphatic rings. The molecule has 0 fully saturated rings. The van der Waals surface area contributed by atoms with Gasteiger partial charge in [0.25, 0.3) is 0 Å². The summed E-state index contributed by atoms with van der Waals surface area (Å²) in [7, 11) is 5.68. The van der Waals surface area contributed by atoms with E-state index in [-0.39, 0.29) is 0 Å². The van der Waals surface area contributed by atoms with E-state index >= 15 is 0 Å². The fraction of sp³-hybridized carbons (Fsp3) is 0.438. The first-order valence-electron chi connectivity index (χ1n) is 7.18. The van der Waals surface area contributed by atoms with Gasteiger partial charge in [-0.25, -0.2) is 0 Å². The Morgan fingerprint density at radius 1 is 1.38 bits per heavy atom. The molecule has 21 heavy (non-hydrogen) atoms. The summed E-state index contributed by atoms with van der Waals surface area (Å²) in [5.74, 6) is 1.39. The van der Waals surface area contributed by atoms with Crippen LogP contribution in [0.2, 0.25) is 0 Å². The third kappa shape index (κ3) is 2.89. The van der Waals surface area contributed by atoms with E-state index in [9.17, 15) is 0 Å². The summed E-state index contributed by atoms with van der Waals surface area (Å²) in [5, 5.41) is 4.53. The second-order valence-corrected chi connectivity index (χ2v) is 6.62. The lowest BCUT2D eigenvalue weighted by atomic mass is 9.77. The first kappa shape index (κ1) is 14.4. The van der Waals surface area contributed by atoms with E-state index in [1.807, 2.05) is 19.0 Å². The van der Waals surface area contributed by atoms with Crippen LogP contribution in [0.15, 0.2) is 24.3 Å². The zero-order valence-corrected chi connectivity index (χ0v) is 13.5. The quantitative estimate of drug-likeness (QED) is 0.890. The third-order valence-electron chi connectivity index (χ3n) is 3.86.